The van der Waals surface area contributed by atoms with Crippen molar-refractivity contribution in [1.29, 1.82) is 0 Å². The fourth-order valence-electron chi connectivity index (χ4n) is 4.34. The first-order chi connectivity index (χ1) is 16.2. The zero-order chi connectivity index (χ0) is 26.4. The summed E-state index contributed by atoms with van der Waals surface area (Å²) < 4.78 is 5.33. The van der Waals surface area contributed by atoms with Crippen LogP contribution in [0.1, 0.15) is 98.6 Å². The summed E-state index contributed by atoms with van der Waals surface area (Å²) in [5.41, 5.74) is -0.919. The van der Waals surface area contributed by atoms with Gasteiger partial charge in [0.05, 0.1) is 0 Å². The molecule has 0 aliphatic heterocycles. The lowest BCUT2D eigenvalue weighted by atomic mass is 9.91. The van der Waals surface area contributed by atoms with Gasteiger partial charge in [-0.25, -0.2) is 4.79 Å². The van der Waals surface area contributed by atoms with Crippen LogP contribution in [0.15, 0.2) is 24.3 Å². The Kier molecular flexibility index (Phi) is 9.58. The molecule has 0 saturated heterocycles. The van der Waals surface area contributed by atoms with Gasteiger partial charge in [-0.15, -0.1) is 0 Å². The van der Waals surface area contributed by atoms with Crippen molar-refractivity contribution in [2.75, 3.05) is 0 Å². The number of nitrogens with zero attached hydrogens (tertiary/aromatic N) is 1. The summed E-state index contributed by atoms with van der Waals surface area (Å²) in [6.07, 6.45) is 4.95. The molecule has 196 valence electrons. The van der Waals surface area contributed by atoms with E-state index in [4.69, 9.17) is 4.74 Å². The molecule has 8 nitrogen and oxygen atoms in total. The first-order valence-corrected chi connectivity index (χ1v) is 12.7. The van der Waals surface area contributed by atoms with Gasteiger partial charge < -0.3 is 25.4 Å². The van der Waals surface area contributed by atoms with E-state index in [1.54, 1.807) is 44.7 Å². The molecule has 3 N–H and O–H groups in total. The summed E-state index contributed by atoms with van der Waals surface area (Å²) in [5, 5.41) is 15.9. The van der Waals surface area contributed by atoms with Crippen LogP contribution in [-0.4, -0.2) is 51.1 Å². The molecule has 1 fully saturated rings. The molecule has 8 heteroatoms. The molecule has 2 rings (SSSR count). The first-order valence-electron chi connectivity index (χ1n) is 12.7. The molecule has 2 unspecified atom stereocenters. The van der Waals surface area contributed by atoms with E-state index in [1.807, 2.05) is 20.8 Å². The summed E-state index contributed by atoms with van der Waals surface area (Å²) in [6.45, 7) is 12.6. The third-order valence-corrected chi connectivity index (χ3v) is 6.50. The van der Waals surface area contributed by atoms with Crippen molar-refractivity contribution in [3.8, 4) is 5.75 Å². The number of aromatic hydroxyl groups is 1. The second kappa shape index (κ2) is 11.8. The molecular weight excluding hydrogens is 446 g/mol. The number of hydrogen-bond donors (Lipinski definition) is 3. The monoisotopic (exact) mass is 489 g/mol. The van der Waals surface area contributed by atoms with Crippen LogP contribution in [0.4, 0.5) is 4.79 Å². The topological polar surface area (TPSA) is 108 Å². The van der Waals surface area contributed by atoms with Gasteiger partial charge in [0, 0.05) is 11.6 Å². The van der Waals surface area contributed by atoms with Crippen molar-refractivity contribution in [2.45, 2.75) is 116 Å². The number of benzene rings is 1. The fourth-order valence-corrected chi connectivity index (χ4v) is 4.34. The third-order valence-electron chi connectivity index (χ3n) is 6.50. The Morgan fingerprint density at radius 2 is 1.74 bits per heavy atom. The molecule has 1 aliphatic carbocycles. The van der Waals surface area contributed by atoms with E-state index in [1.165, 1.54) is 12.1 Å². The second-order valence-corrected chi connectivity index (χ2v) is 11.1. The Balaban J connectivity index is 2.44. The predicted molar refractivity (Wildman–Crippen MR) is 136 cm³/mol. The minimum Gasteiger partial charge on any atom is -0.508 e. The Morgan fingerprint density at radius 1 is 1.11 bits per heavy atom. The van der Waals surface area contributed by atoms with Crippen LogP contribution in [0.25, 0.3) is 0 Å². The highest BCUT2D eigenvalue weighted by atomic mass is 16.6. The molecule has 1 aromatic carbocycles. The second-order valence-electron chi connectivity index (χ2n) is 11.1. The van der Waals surface area contributed by atoms with Crippen LogP contribution in [0, 0.1) is 0 Å². The number of amides is 3. The highest BCUT2D eigenvalue weighted by Crippen LogP contribution is 2.33. The lowest BCUT2D eigenvalue weighted by molar-refractivity contribution is -0.149. The molecule has 0 aromatic heterocycles. The number of ether oxygens (including phenoxy) is 1. The van der Waals surface area contributed by atoms with Gasteiger partial charge in [-0.3, -0.25) is 9.59 Å². The highest BCUT2D eigenvalue weighted by molar-refractivity contribution is 5.92. The zero-order valence-electron chi connectivity index (χ0n) is 22.3. The molecule has 35 heavy (non-hydrogen) atoms. The summed E-state index contributed by atoms with van der Waals surface area (Å²) in [4.78, 5) is 41.5. The smallest absolute Gasteiger partial charge is 0.408 e. The van der Waals surface area contributed by atoms with Crippen LogP contribution < -0.4 is 10.6 Å². The number of carbonyl (C=O) groups excluding carboxylic acids is 3. The van der Waals surface area contributed by atoms with Gasteiger partial charge in [0.2, 0.25) is 11.8 Å². The highest BCUT2D eigenvalue weighted by Gasteiger charge is 2.42. The average Bonchev–Trinajstić information content (AvgIpc) is 2.75. The van der Waals surface area contributed by atoms with Gasteiger partial charge in [-0.05, 0) is 78.5 Å². The lowest BCUT2D eigenvalue weighted by Gasteiger charge is -2.44. The normalized spacial score (nSPS) is 16.7. The lowest BCUT2D eigenvalue weighted by Crippen LogP contribution is -2.59. The van der Waals surface area contributed by atoms with Crippen molar-refractivity contribution in [3.05, 3.63) is 29.8 Å². The van der Waals surface area contributed by atoms with E-state index in [0.29, 0.717) is 12.0 Å². The molecule has 0 radical (unpaired) electrons. The quantitative estimate of drug-likeness (QED) is 0.486. The van der Waals surface area contributed by atoms with Crippen molar-refractivity contribution in [1.82, 2.24) is 15.5 Å². The summed E-state index contributed by atoms with van der Waals surface area (Å²) in [7, 11) is 0. The molecule has 0 bridgehead atoms. The van der Waals surface area contributed by atoms with Crippen molar-refractivity contribution in [2.24, 2.45) is 0 Å². The number of hydrogen-bond acceptors (Lipinski definition) is 5. The summed E-state index contributed by atoms with van der Waals surface area (Å²) in [5.74, 6) is -0.684. The van der Waals surface area contributed by atoms with Gasteiger partial charge in [-0.2, -0.15) is 0 Å². The maximum Gasteiger partial charge on any atom is 0.408 e. The van der Waals surface area contributed by atoms with E-state index in [-0.39, 0.29) is 17.7 Å². The maximum absolute atomic E-state index is 13.9. The molecular formula is C27H43N3O5. The molecule has 1 aromatic rings. The third kappa shape index (κ3) is 8.15. The maximum atomic E-state index is 13.9. The van der Waals surface area contributed by atoms with Gasteiger partial charge in [-0.1, -0.05) is 38.3 Å². The average molecular weight is 490 g/mol. The van der Waals surface area contributed by atoms with Crippen LogP contribution in [-0.2, 0) is 14.3 Å². The number of alkyl carbamates (subject to hydrolysis) is 1. The number of nitrogens with one attached hydrogen (secondary N) is 2. The van der Waals surface area contributed by atoms with E-state index in [9.17, 15) is 19.5 Å². The van der Waals surface area contributed by atoms with Crippen LogP contribution in [0.5, 0.6) is 5.75 Å². The van der Waals surface area contributed by atoms with Gasteiger partial charge in [0.25, 0.3) is 0 Å². The minimum absolute atomic E-state index is 0.0135. The number of phenols is 1. The Hall–Kier alpha value is -2.77. The zero-order valence-corrected chi connectivity index (χ0v) is 22.3. The van der Waals surface area contributed by atoms with Crippen molar-refractivity contribution < 1.29 is 24.2 Å². The standard InChI is InChI=1S/C27H43N3O5/c1-8-27(6,7)30(24(33)18(2)28-25(34)35-26(3,4)5)22(19-13-12-16-21(31)17-19)23(32)29-20-14-10-9-11-15-20/h12-13,16-18,20,22,31H,8-11,14-15H2,1-7H3,(H,28,34)(H,29,32). The van der Waals surface area contributed by atoms with Gasteiger partial charge in [0.1, 0.15) is 23.4 Å². The minimum atomic E-state index is -0.977. The molecule has 0 spiro atoms. The molecule has 2 atom stereocenters. The van der Waals surface area contributed by atoms with E-state index < -0.39 is 35.2 Å². The fraction of sp³-hybridized carbons (Fsp3) is 0.667. The van der Waals surface area contributed by atoms with Gasteiger partial charge in [0.15, 0.2) is 0 Å². The molecule has 1 saturated carbocycles. The Morgan fingerprint density at radius 3 is 2.29 bits per heavy atom. The van der Waals surface area contributed by atoms with E-state index in [2.05, 4.69) is 10.6 Å². The summed E-state index contributed by atoms with van der Waals surface area (Å²) >= 11 is 0. The van der Waals surface area contributed by atoms with Crippen LogP contribution in [0.3, 0.4) is 0 Å². The van der Waals surface area contributed by atoms with Crippen LogP contribution >= 0.6 is 0 Å². The van der Waals surface area contributed by atoms with Gasteiger partial charge >= 0.3 is 6.09 Å². The Bertz CT molecular complexity index is 887. The number of phenolic OH excluding ortho intramolecular Hbond substituents is 1. The first kappa shape index (κ1) is 28.5. The molecule has 1 aliphatic rings. The van der Waals surface area contributed by atoms with Crippen molar-refractivity contribution in [3.63, 3.8) is 0 Å². The van der Waals surface area contributed by atoms with E-state index in [0.717, 1.165) is 32.1 Å². The SMILES string of the molecule is CCC(C)(C)N(C(=O)C(C)NC(=O)OC(C)(C)C)C(C(=O)NC1CCCCC1)c1cccc(O)c1. The van der Waals surface area contributed by atoms with Crippen molar-refractivity contribution >= 4 is 17.9 Å². The number of rotatable bonds is 8. The molecule has 0 heterocycles. The summed E-state index contributed by atoms with van der Waals surface area (Å²) in [6, 6.07) is 4.59. The van der Waals surface area contributed by atoms with E-state index >= 15 is 0 Å². The number of carbonyl (C=O) groups is 3. The van der Waals surface area contributed by atoms with Crippen LogP contribution in [0.2, 0.25) is 0 Å². The predicted octanol–water partition coefficient (Wildman–Crippen LogP) is 4.81. The molecule has 3 amide bonds. The largest absolute Gasteiger partial charge is 0.508 e. The Labute approximate surface area is 209 Å².